The molecule has 2 fully saturated rings. The van der Waals surface area contributed by atoms with Crippen LogP contribution in [0.4, 0.5) is 10.5 Å². The molecule has 2 aromatic heterocycles. The fourth-order valence-corrected chi connectivity index (χ4v) is 4.32. The van der Waals surface area contributed by atoms with Gasteiger partial charge in [-0.3, -0.25) is 24.5 Å². The van der Waals surface area contributed by atoms with E-state index in [0.29, 0.717) is 10.6 Å². The van der Waals surface area contributed by atoms with Crippen molar-refractivity contribution in [2.75, 3.05) is 38.1 Å². The van der Waals surface area contributed by atoms with Crippen LogP contribution in [0.5, 0.6) is 0 Å². The fourth-order valence-electron chi connectivity index (χ4n) is 3.66. The number of fused-ring (bicyclic) bond motifs is 1. The molecule has 0 unspecified atom stereocenters. The Kier molecular flexibility index (Phi) is 4.76. The second kappa shape index (κ2) is 7.58. The van der Waals surface area contributed by atoms with Gasteiger partial charge in [0.25, 0.3) is 11.1 Å². The summed E-state index contributed by atoms with van der Waals surface area (Å²) < 4.78 is 2.00. The number of hydrogen-bond acceptors (Lipinski definition) is 7. The number of nitrogens with one attached hydrogen (secondary N) is 1. The highest BCUT2D eigenvalue weighted by molar-refractivity contribution is 8.18. The van der Waals surface area contributed by atoms with Crippen LogP contribution >= 0.6 is 11.8 Å². The molecule has 0 atom stereocenters. The number of aromatic nitrogens is 3. The van der Waals surface area contributed by atoms with Crippen molar-refractivity contribution in [2.24, 2.45) is 0 Å². The highest BCUT2D eigenvalue weighted by atomic mass is 32.2. The molecule has 3 aromatic rings. The van der Waals surface area contributed by atoms with E-state index in [0.717, 1.165) is 54.7 Å². The van der Waals surface area contributed by atoms with Crippen molar-refractivity contribution in [3.63, 3.8) is 0 Å². The number of amides is 2. The zero-order valence-electron chi connectivity index (χ0n) is 16.4. The van der Waals surface area contributed by atoms with Crippen LogP contribution in [0.2, 0.25) is 0 Å². The predicted octanol–water partition coefficient (Wildman–Crippen LogP) is 2.50. The van der Waals surface area contributed by atoms with E-state index in [1.165, 1.54) is 5.69 Å². The number of anilines is 1. The standard InChI is InChI=1S/C21H20N6O2S/c1-25-6-8-26(9-7-25)15-2-4-16(5-3-15)27-13-23-17-12-22-14(10-18(17)27)11-19-20(28)24-21(29)30-19/h2-5,10-13H,6-9H2,1H3,(H,24,28,29)/b19-11-. The number of pyridine rings is 1. The number of carbonyl (C=O) groups is 2. The fraction of sp³-hybridized carbons (Fsp3) is 0.238. The maximum atomic E-state index is 11.8. The number of imidazole rings is 1. The number of nitrogens with zero attached hydrogens (tertiary/aromatic N) is 5. The van der Waals surface area contributed by atoms with Gasteiger partial charge >= 0.3 is 0 Å². The molecule has 0 bridgehead atoms. The molecule has 2 saturated heterocycles. The van der Waals surface area contributed by atoms with Gasteiger partial charge in [-0.2, -0.15) is 0 Å². The molecule has 0 radical (unpaired) electrons. The maximum absolute atomic E-state index is 11.8. The third-order valence-corrected chi connectivity index (χ3v) is 6.18. The second-order valence-corrected chi connectivity index (χ2v) is 8.39. The summed E-state index contributed by atoms with van der Waals surface area (Å²) in [7, 11) is 2.15. The SMILES string of the molecule is CN1CCN(c2ccc(-n3cnc4cnc(/C=C5\SC(=O)NC5=O)cc43)cc2)CC1. The highest BCUT2D eigenvalue weighted by Crippen LogP contribution is 2.27. The number of piperazine rings is 1. The van der Waals surface area contributed by atoms with Crippen LogP contribution in [-0.2, 0) is 4.79 Å². The Balaban J connectivity index is 1.44. The molecular formula is C21H20N6O2S. The van der Waals surface area contributed by atoms with Crippen molar-refractivity contribution < 1.29 is 9.59 Å². The second-order valence-electron chi connectivity index (χ2n) is 7.37. The minimum Gasteiger partial charge on any atom is -0.369 e. The van der Waals surface area contributed by atoms with Crippen molar-refractivity contribution >= 4 is 45.7 Å². The Bertz CT molecular complexity index is 1160. The number of imide groups is 1. The molecule has 4 heterocycles. The Morgan fingerprint density at radius 3 is 2.47 bits per heavy atom. The summed E-state index contributed by atoms with van der Waals surface area (Å²) in [6, 6.07) is 10.3. The molecule has 0 spiro atoms. The lowest BCUT2D eigenvalue weighted by Crippen LogP contribution is -2.44. The lowest BCUT2D eigenvalue weighted by molar-refractivity contribution is -0.115. The van der Waals surface area contributed by atoms with Crippen molar-refractivity contribution in [1.82, 2.24) is 24.8 Å². The van der Waals surface area contributed by atoms with E-state index >= 15 is 0 Å². The molecule has 2 aliphatic heterocycles. The third kappa shape index (κ3) is 3.57. The van der Waals surface area contributed by atoms with Crippen molar-refractivity contribution in [3.05, 3.63) is 53.5 Å². The van der Waals surface area contributed by atoms with Crippen LogP contribution < -0.4 is 10.2 Å². The quantitative estimate of drug-likeness (QED) is 0.652. The number of hydrogen-bond donors (Lipinski definition) is 1. The van der Waals surface area contributed by atoms with Crippen LogP contribution in [0.25, 0.3) is 22.8 Å². The first-order chi connectivity index (χ1) is 14.6. The van der Waals surface area contributed by atoms with Gasteiger partial charge in [0, 0.05) is 37.6 Å². The molecule has 30 heavy (non-hydrogen) atoms. The van der Waals surface area contributed by atoms with Crippen molar-refractivity contribution in [3.8, 4) is 5.69 Å². The van der Waals surface area contributed by atoms with E-state index in [2.05, 4.69) is 56.4 Å². The summed E-state index contributed by atoms with van der Waals surface area (Å²) >= 11 is 0.883. The molecule has 2 aliphatic rings. The van der Waals surface area contributed by atoms with Gasteiger partial charge in [-0.15, -0.1) is 0 Å². The van der Waals surface area contributed by atoms with Crippen LogP contribution in [-0.4, -0.2) is 63.8 Å². The monoisotopic (exact) mass is 420 g/mol. The molecule has 0 saturated carbocycles. The zero-order valence-corrected chi connectivity index (χ0v) is 17.2. The van der Waals surface area contributed by atoms with Crippen LogP contribution in [0, 0.1) is 0 Å². The molecule has 5 rings (SSSR count). The molecule has 8 nitrogen and oxygen atoms in total. The van der Waals surface area contributed by atoms with E-state index in [9.17, 15) is 9.59 Å². The number of likely N-dealkylation sites (N-methyl/N-ethyl adjacent to an activating group) is 1. The summed E-state index contributed by atoms with van der Waals surface area (Å²) in [5.41, 5.74) is 4.48. The third-order valence-electron chi connectivity index (χ3n) is 5.37. The minimum atomic E-state index is -0.389. The van der Waals surface area contributed by atoms with E-state index < -0.39 is 0 Å². The summed E-state index contributed by atoms with van der Waals surface area (Å²) in [5, 5.41) is 1.89. The number of benzene rings is 1. The average molecular weight is 420 g/mol. The Morgan fingerprint density at radius 2 is 1.77 bits per heavy atom. The summed E-state index contributed by atoms with van der Waals surface area (Å²) in [4.78, 5) is 37.0. The van der Waals surface area contributed by atoms with Crippen LogP contribution in [0.15, 0.2) is 47.8 Å². The van der Waals surface area contributed by atoms with Gasteiger partial charge in [0.1, 0.15) is 11.8 Å². The van der Waals surface area contributed by atoms with E-state index in [4.69, 9.17) is 0 Å². The summed E-state index contributed by atoms with van der Waals surface area (Å²) in [6.45, 7) is 4.20. The largest absolute Gasteiger partial charge is 0.369 e. The molecule has 2 amide bonds. The first kappa shape index (κ1) is 18.8. The molecule has 1 aromatic carbocycles. The Hall–Kier alpha value is -3.17. The number of rotatable bonds is 3. The summed E-state index contributed by atoms with van der Waals surface area (Å²) in [6.07, 6.45) is 5.07. The number of thioether (sulfide) groups is 1. The van der Waals surface area contributed by atoms with E-state index in [1.54, 1.807) is 18.6 Å². The van der Waals surface area contributed by atoms with Gasteiger partial charge in [0.15, 0.2) is 0 Å². The minimum absolute atomic E-state index is 0.342. The van der Waals surface area contributed by atoms with Gasteiger partial charge in [-0.1, -0.05) is 0 Å². The van der Waals surface area contributed by atoms with Gasteiger partial charge in [-0.05, 0) is 55.2 Å². The predicted molar refractivity (Wildman–Crippen MR) is 118 cm³/mol. The normalized spacial score (nSPS) is 19.1. The molecule has 0 aliphatic carbocycles. The summed E-state index contributed by atoms with van der Waals surface area (Å²) in [5.74, 6) is -0.389. The number of carbonyl (C=O) groups excluding carboxylic acids is 2. The topological polar surface area (TPSA) is 83.4 Å². The van der Waals surface area contributed by atoms with Gasteiger partial charge in [0.2, 0.25) is 0 Å². The average Bonchev–Trinajstić information content (AvgIpc) is 3.31. The first-order valence-corrected chi connectivity index (χ1v) is 10.5. The van der Waals surface area contributed by atoms with Gasteiger partial charge in [-0.25, -0.2) is 4.98 Å². The maximum Gasteiger partial charge on any atom is 0.290 e. The van der Waals surface area contributed by atoms with E-state index in [1.807, 2.05) is 10.6 Å². The first-order valence-electron chi connectivity index (χ1n) is 9.69. The Labute approximate surface area is 177 Å². The smallest absolute Gasteiger partial charge is 0.290 e. The lowest BCUT2D eigenvalue weighted by atomic mass is 10.2. The van der Waals surface area contributed by atoms with Crippen LogP contribution in [0.1, 0.15) is 5.69 Å². The van der Waals surface area contributed by atoms with Gasteiger partial charge in [0.05, 0.1) is 22.3 Å². The van der Waals surface area contributed by atoms with Crippen LogP contribution in [0.3, 0.4) is 0 Å². The molecule has 152 valence electrons. The van der Waals surface area contributed by atoms with Gasteiger partial charge < -0.3 is 9.80 Å². The molecule has 9 heteroatoms. The van der Waals surface area contributed by atoms with Crippen molar-refractivity contribution in [1.29, 1.82) is 0 Å². The van der Waals surface area contributed by atoms with Crippen molar-refractivity contribution in [2.45, 2.75) is 0 Å². The molecule has 1 N–H and O–H groups in total. The van der Waals surface area contributed by atoms with E-state index in [-0.39, 0.29) is 11.1 Å². The highest BCUT2D eigenvalue weighted by Gasteiger charge is 2.25. The lowest BCUT2D eigenvalue weighted by Gasteiger charge is -2.34. The molecular weight excluding hydrogens is 400 g/mol. The zero-order chi connectivity index (χ0) is 20.7. The Morgan fingerprint density at radius 1 is 1.03 bits per heavy atom.